The van der Waals surface area contributed by atoms with Gasteiger partial charge in [-0.1, -0.05) is 41.9 Å². The largest absolute Gasteiger partial charge is 0.493 e. The van der Waals surface area contributed by atoms with Crippen LogP contribution in [0.25, 0.3) is 0 Å². The average molecular weight is 502 g/mol. The van der Waals surface area contributed by atoms with Crippen LogP contribution in [0.2, 0.25) is 10.0 Å². The summed E-state index contributed by atoms with van der Waals surface area (Å²) in [6.45, 7) is 4.09. The standard InChI is InChI=1S/C26H25Cl2NO5/c1-13-23(26(31)34-4)24(17-7-6-16(27)12-18(17)28)25-19(29-13)9-15(10-20(25)30)14-5-8-21(32-2)22(11-14)33-3/h5-8,11-12,15,23-24,29H,1,9-10H2,2-4H3. The van der Waals surface area contributed by atoms with E-state index >= 15 is 0 Å². The van der Waals surface area contributed by atoms with Crippen molar-refractivity contribution >= 4 is 35.0 Å². The van der Waals surface area contributed by atoms with Gasteiger partial charge < -0.3 is 19.5 Å². The molecular weight excluding hydrogens is 477 g/mol. The molecule has 1 aliphatic carbocycles. The predicted octanol–water partition coefficient (Wildman–Crippen LogP) is 5.40. The normalized spacial score (nSPS) is 22.1. The number of methoxy groups -OCH3 is 3. The zero-order valence-electron chi connectivity index (χ0n) is 19.1. The number of esters is 1. The van der Waals surface area contributed by atoms with E-state index in [1.165, 1.54) is 7.11 Å². The van der Waals surface area contributed by atoms with Gasteiger partial charge in [0.15, 0.2) is 17.3 Å². The van der Waals surface area contributed by atoms with Crippen molar-refractivity contribution < 1.29 is 23.8 Å². The molecule has 3 unspecified atom stereocenters. The van der Waals surface area contributed by atoms with Gasteiger partial charge in [-0.3, -0.25) is 9.59 Å². The van der Waals surface area contributed by atoms with Crippen LogP contribution in [0.15, 0.2) is 59.9 Å². The van der Waals surface area contributed by atoms with Gasteiger partial charge in [0.1, 0.15) is 5.92 Å². The number of nitrogens with one attached hydrogen (secondary N) is 1. The first-order valence-electron chi connectivity index (χ1n) is 10.8. The number of allylic oxidation sites excluding steroid dienone is 2. The van der Waals surface area contributed by atoms with Crippen LogP contribution < -0.4 is 14.8 Å². The molecular formula is C26H25Cl2NO5. The lowest BCUT2D eigenvalue weighted by atomic mass is 9.69. The summed E-state index contributed by atoms with van der Waals surface area (Å²) >= 11 is 12.6. The fraction of sp³-hybridized carbons (Fsp3) is 0.308. The first-order chi connectivity index (χ1) is 16.3. The SMILES string of the molecule is C=C1NC2=C(C(=O)CC(c3ccc(OC)c(OC)c3)C2)C(c2ccc(Cl)cc2Cl)C1C(=O)OC. The van der Waals surface area contributed by atoms with Crippen molar-refractivity contribution in [2.45, 2.75) is 24.7 Å². The van der Waals surface area contributed by atoms with Crippen molar-refractivity contribution in [3.8, 4) is 11.5 Å². The maximum Gasteiger partial charge on any atom is 0.315 e. The second-order valence-corrected chi connectivity index (χ2v) is 9.17. The van der Waals surface area contributed by atoms with Gasteiger partial charge >= 0.3 is 5.97 Å². The highest BCUT2D eigenvalue weighted by molar-refractivity contribution is 6.35. The number of ketones is 1. The van der Waals surface area contributed by atoms with Gasteiger partial charge in [-0.25, -0.2) is 0 Å². The molecule has 0 spiro atoms. The van der Waals surface area contributed by atoms with E-state index in [0.29, 0.717) is 44.8 Å². The van der Waals surface area contributed by atoms with Gasteiger partial charge in [0.25, 0.3) is 0 Å². The lowest BCUT2D eigenvalue weighted by Gasteiger charge is -2.40. The number of halogens is 2. The van der Waals surface area contributed by atoms with Crippen LogP contribution in [0.1, 0.15) is 35.8 Å². The number of hydrogen-bond acceptors (Lipinski definition) is 6. The summed E-state index contributed by atoms with van der Waals surface area (Å²) < 4.78 is 15.8. The summed E-state index contributed by atoms with van der Waals surface area (Å²) in [5, 5.41) is 4.08. The summed E-state index contributed by atoms with van der Waals surface area (Å²) in [4.78, 5) is 26.4. The minimum atomic E-state index is -0.802. The molecule has 2 aromatic rings. The highest BCUT2D eigenvalue weighted by Crippen LogP contribution is 2.49. The van der Waals surface area contributed by atoms with Crippen molar-refractivity contribution in [1.82, 2.24) is 5.32 Å². The Morgan fingerprint density at radius 3 is 2.41 bits per heavy atom. The molecule has 3 atom stereocenters. The fourth-order valence-corrected chi connectivity index (χ4v) is 5.41. The van der Waals surface area contributed by atoms with Crippen molar-refractivity contribution in [3.05, 3.63) is 81.1 Å². The molecule has 0 saturated heterocycles. The van der Waals surface area contributed by atoms with E-state index in [-0.39, 0.29) is 18.1 Å². The van der Waals surface area contributed by atoms with E-state index < -0.39 is 17.8 Å². The number of rotatable bonds is 5. The number of hydrogen-bond donors (Lipinski definition) is 1. The average Bonchev–Trinajstić information content (AvgIpc) is 2.82. The van der Waals surface area contributed by atoms with E-state index in [4.69, 9.17) is 37.4 Å². The van der Waals surface area contributed by atoms with Crippen LogP contribution in [0.3, 0.4) is 0 Å². The fourth-order valence-electron chi connectivity index (χ4n) is 4.89. The topological polar surface area (TPSA) is 73.9 Å². The third kappa shape index (κ3) is 4.28. The Labute approximate surface area is 208 Å². The number of carbonyl (C=O) groups is 2. The third-order valence-corrected chi connectivity index (χ3v) is 7.03. The van der Waals surface area contributed by atoms with Crippen LogP contribution in [0, 0.1) is 5.92 Å². The summed E-state index contributed by atoms with van der Waals surface area (Å²) in [5.74, 6) is -0.840. The molecule has 178 valence electrons. The smallest absolute Gasteiger partial charge is 0.315 e. The van der Waals surface area contributed by atoms with E-state index in [1.54, 1.807) is 32.4 Å². The van der Waals surface area contributed by atoms with Crippen LogP contribution >= 0.6 is 23.2 Å². The Balaban J connectivity index is 1.80. The number of benzene rings is 2. The number of carbonyl (C=O) groups excluding carboxylic acids is 2. The Kier molecular flexibility index (Phi) is 6.91. The molecule has 0 fully saturated rings. The van der Waals surface area contributed by atoms with E-state index in [9.17, 15) is 9.59 Å². The summed E-state index contributed by atoms with van der Waals surface area (Å²) in [6.07, 6.45) is 0.837. The van der Waals surface area contributed by atoms with Gasteiger partial charge in [-0.05, 0) is 47.7 Å². The van der Waals surface area contributed by atoms with Gasteiger partial charge in [0.2, 0.25) is 0 Å². The van der Waals surface area contributed by atoms with Gasteiger partial charge in [0, 0.05) is 39.4 Å². The van der Waals surface area contributed by atoms with Crippen LogP contribution in [0.4, 0.5) is 0 Å². The third-order valence-electron chi connectivity index (χ3n) is 6.47. The Hall–Kier alpha value is -2.96. The highest BCUT2D eigenvalue weighted by Gasteiger charge is 2.46. The molecule has 6 nitrogen and oxygen atoms in total. The van der Waals surface area contributed by atoms with Gasteiger partial charge in [0.05, 0.1) is 21.3 Å². The maximum absolute atomic E-state index is 13.6. The lowest BCUT2D eigenvalue weighted by molar-refractivity contribution is -0.144. The Bertz CT molecular complexity index is 1210. The predicted molar refractivity (Wildman–Crippen MR) is 131 cm³/mol. The number of Topliss-reactive ketones (excluding diaryl/α,β-unsaturated/α-hetero) is 1. The monoisotopic (exact) mass is 501 g/mol. The first kappa shape index (κ1) is 24.2. The molecule has 0 bridgehead atoms. The Morgan fingerprint density at radius 1 is 1.03 bits per heavy atom. The van der Waals surface area contributed by atoms with Crippen molar-refractivity contribution in [2.24, 2.45) is 5.92 Å². The van der Waals surface area contributed by atoms with Crippen LogP contribution in [0.5, 0.6) is 11.5 Å². The minimum Gasteiger partial charge on any atom is -0.493 e. The zero-order chi connectivity index (χ0) is 24.6. The number of ether oxygens (including phenoxy) is 3. The van der Waals surface area contributed by atoms with Gasteiger partial charge in [-0.15, -0.1) is 0 Å². The second-order valence-electron chi connectivity index (χ2n) is 8.33. The molecule has 1 aliphatic heterocycles. The maximum atomic E-state index is 13.6. The summed E-state index contributed by atoms with van der Waals surface area (Å²) in [7, 11) is 4.47. The summed E-state index contributed by atoms with van der Waals surface area (Å²) in [6, 6.07) is 10.7. The van der Waals surface area contributed by atoms with E-state index in [1.807, 2.05) is 18.2 Å². The van der Waals surface area contributed by atoms with Crippen molar-refractivity contribution in [1.29, 1.82) is 0 Å². The highest BCUT2D eigenvalue weighted by atomic mass is 35.5. The second kappa shape index (κ2) is 9.72. The molecule has 34 heavy (non-hydrogen) atoms. The molecule has 2 aromatic carbocycles. The minimum absolute atomic E-state index is 0.0639. The molecule has 0 saturated carbocycles. The van der Waals surface area contributed by atoms with E-state index in [2.05, 4.69) is 11.9 Å². The molecule has 4 rings (SSSR count). The molecule has 0 radical (unpaired) electrons. The summed E-state index contributed by atoms with van der Waals surface area (Å²) in [5.41, 5.74) is 3.32. The quantitative estimate of drug-likeness (QED) is 0.552. The van der Waals surface area contributed by atoms with E-state index in [0.717, 1.165) is 11.3 Å². The van der Waals surface area contributed by atoms with Crippen molar-refractivity contribution in [2.75, 3.05) is 21.3 Å². The molecule has 0 amide bonds. The van der Waals surface area contributed by atoms with Crippen molar-refractivity contribution in [3.63, 3.8) is 0 Å². The Morgan fingerprint density at radius 2 is 1.76 bits per heavy atom. The molecule has 8 heteroatoms. The van der Waals surface area contributed by atoms with Crippen LogP contribution in [-0.2, 0) is 14.3 Å². The molecule has 1 N–H and O–H groups in total. The molecule has 0 aromatic heterocycles. The van der Waals surface area contributed by atoms with Crippen LogP contribution in [-0.4, -0.2) is 33.1 Å². The molecule has 2 aliphatic rings. The molecule has 1 heterocycles. The lowest BCUT2D eigenvalue weighted by Crippen LogP contribution is -2.42. The zero-order valence-corrected chi connectivity index (χ0v) is 20.6. The first-order valence-corrected chi connectivity index (χ1v) is 11.5. The van der Waals surface area contributed by atoms with Gasteiger partial charge in [-0.2, -0.15) is 0 Å².